The third-order valence-electron chi connectivity index (χ3n) is 11.0. The first-order valence-electron chi connectivity index (χ1n) is 19.3. The van der Waals surface area contributed by atoms with E-state index in [4.69, 9.17) is 23.9 Å². The average molecular weight is 746 g/mol. The Balaban J connectivity index is 1.09. The van der Waals surface area contributed by atoms with Crippen LogP contribution in [0.15, 0.2) is 192 Å². The van der Waals surface area contributed by atoms with Crippen LogP contribution in [0, 0.1) is 0 Å². The van der Waals surface area contributed by atoms with Crippen LogP contribution in [0.2, 0.25) is 0 Å². The molecule has 6 heteroatoms. The van der Waals surface area contributed by atoms with Crippen LogP contribution >= 0.6 is 0 Å². The Morgan fingerprint density at radius 1 is 0.345 bits per heavy atom. The number of aromatic nitrogens is 3. The number of rotatable bonds is 5. The van der Waals surface area contributed by atoms with E-state index in [2.05, 4.69) is 120 Å². The Labute approximate surface area is 332 Å². The van der Waals surface area contributed by atoms with E-state index in [1.165, 1.54) is 10.8 Å². The highest BCUT2D eigenvalue weighted by molar-refractivity contribution is 6.09. The van der Waals surface area contributed by atoms with E-state index in [1.54, 1.807) is 0 Å². The number of benzene rings is 8. The van der Waals surface area contributed by atoms with Gasteiger partial charge in [0.1, 0.15) is 11.2 Å². The number of hydrogen-bond donors (Lipinski definition) is 0. The molecule has 0 fully saturated rings. The normalized spacial score (nSPS) is 12.1. The van der Waals surface area contributed by atoms with Crippen molar-refractivity contribution in [1.29, 1.82) is 0 Å². The molecule has 6 nitrogen and oxygen atoms in total. The van der Waals surface area contributed by atoms with Crippen molar-refractivity contribution >= 4 is 43.7 Å². The van der Waals surface area contributed by atoms with E-state index in [9.17, 15) is 0 Å². The molecule has 0 bridgehead atoms. The lowest BCUT2D eigenvalue weighted by molar-refractivity contribution is 0.360. The summed E-state index contributed by atoms with van der Waals surface area (Å²) in [6, 6.07) is 64.5. The van der Waals surface area contributed by atoms with Gasteiger partial charge in [0.05, 0.1) is 22.4 Å². The first kappa shape index (κ1) is 32.3. The maximum absolute atomic E-state index is 6.40. The van der Waals surface area contributed by atoms with Crippen molar-refractivity contribution in [1.82, 2.24) is 14.5 Å². The highest BCUT2D eigenvalue weighted by Gasteiger charge is 2.21. The summed E-state index contributed by atoms with van der Waals surface area (Å²) in [6.45, 7) is 0. The molecule has 0 saturated carbocycles. The van der Waals surface area contributed by atoms with Gasteiger partial charge in [-0.15, -0.1) is 0 Å². The van der Waals surface area contributed by atoms with Crippen molar-refractivity contribution in [3.8, 4) is 73.7 Å². The zero-order valence-electron chi connectivity index (χ0n) is 31.0. The molecule has 0 atom stereocenters. The standard InChI is InChI=1S/C52H31N3O3/c1-2-12-32(13-3-1)52-53-42(34-23-24-47-41(29-34)40-16-6-9-19-46(40)56-47)31-43(54-52)36-26-35(33-22-25-50-51(30-33)58-49-21-11-10-20-48(49)57-50)27-37(28-36)55-44-17-7-4-14-38(44)39-15-5-8-18-45(39)55/h1-31H. The zero-order chi connectivity index (χ0) is 38.2. The maximum atomic E-state index is 6.40. The maximum Gasteiger partial charge on any atom is 0.170 e. The molecule has 0 N–H and O–H groups in total. The number of ether oxygens (including phenoxy) is 2. The molecule has 1 aliphatic heterocycles. The highest BCUT2D eigenvalue weighted by atomic mass is 16.6. The van der Waals surface area contributed by atoms with Gasteiger partial charge in [-0.1, -0.05) is 103 Å². The molecule has 8 aromatic carbocycles. The summed E-state index contributed by atoms with van der Waals surface area (Å²) >= 11 is 0. The molecule has 3 aromatic heterocycles. The Bertz CT molecular complexity index is 3370. The number of furan rings is 1. The van der Waals surface area contributed by atoms with Gasteiger partial charge in [-0.3, -0.25) is 0 Å². The summed E-state index contributed by atoms with van der Waals surface area (Å²) in [5.74, 6) is 3.38. The van der Waals surface area contributed by atoms with Crippen LogP contribution in [0.25, 0.3) is 94.5 Å². The molecule has 0 amide bonds. The summed E-state index contributed by atoms with van der Waals surface area (Å²) in [4.78, 5) is 10.5. The topological polar surface area (TPSA) is 62.3 Å². The SMILES string of the molecule is c1ccc(-c2nc(-c3cc(-c4ccc5c(c4)Oc4ccccc4O5)cc(-n4c5ccccc5c5ccccc54)c3)cc(-c3ccc4oc5ccccc5c4c3)n2)cc1. The Kier molecular flexibility index (Phi) is 7.13. The van der Waals surface area contributed by atoms with Crippen molar-refractivity contribution in [3.63, 3.8) is 0 Å². The van der Waals surface area contributed by atoms with Crippen molar-refractivity contribution in [2.24, 2.45) is 0 Å². The van der Waals surface area contributed by atoms with Crippen LogP contribution in [0.3, 0.4) is 0 Å². The molecule has 0 unspecified atom stereocenters. The van der Waals surface area contributed by atoms with E-state index in [0.717, 1.165) is 77.9 Å². The second-order valence-corrected chi connectivity index (χ2v) is 14.6. The average Bonchev–Trinajstić information content (AvgIpc) is 3.84. The third-order valence-corrected chi connectivity index (χ3v) is 11.0. The van der Waals surface area contributed by atoms with Crippen LogP contribution in [-0.4, -0.2) is 14.5 Å². The molecule has 4 heterocycles. The number of para-hydroxylation sites is 5. The number of hydrogen-bond acceptors (Lipinski definition) is 5. The molecule has 12 rings (SSSR count). The lowest BCUT2D eigenvalue weighted by Crippen LogP contribution is -2.00. The zero-order valence-corrected chi connectivity index (χ0v) is 31.0. The predicted octanol–water partition coefficient (Wildman–Crippen LogP) is 14.0. The largest absolute Gasteiger partial charge is 0.456 e. The fourth-order valence-corrected chi connectivity index (χ4v) is 8.31. The summed E-state index contributed by atoms with van der Waals surface area (Å²) < 4.78 is 21.2. The molecule has 0 radical (unpaired) electrons. The molecule has 11 aromatic rings. The van der Waals surface area contributed by atoms with Gasteiger partial charge >= 0.3 is 0 Å². The number of fused-ring (bicyclic) bond motifs is 8. The van der Waals surface area contributed by atoms with E-state index < -0.39 is 0 Å². The van der Waals surface area contributed by atoms with E-state index in [-0.39, 0.29) is 0 Å². The van der Waals surface area contributed by atoms with Crippen LogP contribution in [-0.2, 0) is 0 Å². The predicted molar refractivity (Wildman–Crippen MR) is 232 cm³/mol. The van der Waals surface area contributed by atoms with E-state index >= 15 is 0 Å². The van der Waals surface area contributed by atoms with E-state index in [1.807, 2.05) is 72.8 Å². The molecule has 0 aliphatic carbocycles. The van der Waals surface area contributed by atoms with Gasteiger partial charge in [0.2, 0.25) is 0 Å². The van der Waals surface area contributed by atoms with Gasteiger partial charge in [-0.2, -0.15) is 0 Å². The molecule has 0 saturated heterocycles. The van der Waals surface area contributed by atoms with Gasteiger partial charge in [0, 0.05) is 43.9 Å². The van der Waals surface area contributed by atoms with Crippen LogP contribution in [0.5, 0.6) is 23.0 Å². The summed E-state index contributed by atoms with van der Waals surface area (Å²) in [7, 11) is 0. The van der Waals surface area contributed by atoms with Crippen LogP contribution in [0.1, 0.15) is 0 Å². The van der Waals surface area contributed by atoms with Crippen molar-refractivity contribution < 1.29 is 13.9 Å². The lowest BCUT2D eigenvalue weighted by atomic mass is 9.98. The minimum atomic E-state index is 0.645. The third kappa shape index (κ3) is 5.27. The highest BCUT2D eigenvalue weighted by Crippen LogP contribution is 2.47. The fourth-order valence-electron chi connectivity index (χ4n) is 8.31. The Hall–Kier alpha value is -7.96. The van der Waals surface area contributed by atoms with Gasteiger partial charge < -0.3 is 18.5 Å². The summed E-state index contributed by atoms with van der Waals surface area (Å²) in [5.41, 5.74) is 11.4. The van der Waals surface area contributed by atoms with Gasteiger partial charge in [-0.05, 0) is 96.1 Å². The summed E-state index contributed by atoms with van der Waals surface area (Å²) in [5, 5.41) is 4.51. The molecular formula is C52H31N3O3. The van der Waals surface area contributed by atoms with E-state index in [0.29, 0.717) is 28.8 Å². The minimum Gasteiger partial charge on any atom is -0.456 e. The Morgan fingerprint density at radius 2 is 0.931 bits per heavy atom. The summed E-state index contributed by atoms with van der Waals surface area (Å²) in [6.07, 6.45) is 0. The second-order valence-electron chi connectivity index (χ2n) is 14.6. The first-order chi connectivity index (χ1) is 28.7. The second kappa shape index (κ2) is 12.8. The van der Waals surface area contributed by atoms with Crippen molar-refractivity contribution in [3.05, 3.63) is 188 Å². The monoisotopic (exact) mass is 745 g/mol. The van der Waals surface area contributed by atoms with Gasteiger partial charge in [0.25, 0.3) is 0 Å². The fraction of sp³-hybridized carbons (Fsp3) is 0. The number of nitrogens with zero attached hydrogens (tertiary/aromatic N) is 3. The molecular weight excluding hydrogens is 715 g/mol. The molecule has 58 heavy (non-hydrogen) atoms. The van der Waals surface area contributed by atoms with Crippen molar-refractivity contribution in [2.75, 3.05) is 0 Å². The minimum absolute atomic E-state index is 0.645. The lowest BCUT2D eigenvalue weighted by Gasteiger charge is -2.21. The van der Waals surface area contributed by atoms with Crippen molar-refractivity contribution in [2.45, 2.75) is 0 Å². The molecule has 272 valence electrons. The van der Waals surface area contributed by atoms with Gasteiger partial charge in [0.15, 0.2) is 28.8 Å². The first-order valence-corrected chi connectivity index (χ1v) is 19.3. The van der Waals surface area contributed by atoms with Gasteiger partial charge in [-0.25, -0.2) is 9.97 Å². The quantitative estimate of drug-likeness (QED) is 0.176. The smallest absolute Gasteiger partial charge is 0.170 e. The Morgan fingerprint density at radius 3 is 1.71 bits per heavy atom. The van der Waals surface area contributed by atoms with Crippen LogP contribution < -0.4 is 9.47 Å². The molecule has 0 spiro atoms. The molecule has 1 aliphatic rings. The van der Waals surface area contributed by atoms with Crippen LogP contribution in [0.4, 0.5) is 0 Å².